The lowest BCUT2D eigenvalue weighted by atomic mass is 9.96. The van der Waals surface area contributed by atoms with Gasteiger partial charge >= 0.3 is 0 Å². The highest BCUT2D eigenvalue weighted by Crippen LogP contribution is 2.18. The molecule has 1 amide bonds. The smallest absolute Gasteiger partial charge is 0.256 e. The molecule has 3 rings (SSSR count). The van der Waals surface area contributed by atoms with E-state index >= 15 is 0 Å². The number of carbonyl (C=O) groups is 1. The molecule has 2 aliphatic heterocycles. The monoisotopic (exact) mass is 362 g/mol. The fourth-order valence-corrected chi connectivity index (χ4v) is 3.69. The van der Waals surface area contributed by atoms with Gasteiger partial charge in [-0.05, 0) is 45.7 Å². The quantitative estimate of drug-likeness (QED) is 0.776. The van der Waals surface area contributed by atoms with E-state index in [1.54, 1.807) is 10.9 Å². The molecular weight excluding hydrogens is 332 g/mol. The molecule has 0 N–H and O–H groups in total. The van der Waals surface area contributed by atoms with Gasteiger partial charge in [0.1, 0.15) is 0 Å². The highest BCUT2D eigenvalue weighted by molar-refractivity contribution is 5.76. The van der Waals surface area contributed by atoms with E-state index in [-0.39, 0.29) is 11.5 Å². The van der Waals surface area contributed by atoms with Crippen molar-refractivity contribution >= 4 is 5.91 Å². The summed E-state index contributed by atoms with van der Waals surface area (Å²) in [6.45, 7) is 10.1. The third kappa shape index (κ3) is 4.71. The van der Waals surface area contributed by atoms with E-state index in [1.165, 1.54) is 0 Å². The third-order valence-corrected chi connectivity index (χ3v) is 5.68. The van der Waals surface area contributed by atoms with Crippen LogP contribution >= 0.6 is 0 Å². The summed E-state index contributed by atoms with van der Waals surface area (Å²) in [5, 5.41) is 0. The van der Waals surface area contributed by atoms with Crippen LogP contribution in [-0.2, 0) is 16.1 Å². The molecule has 0 atom stereocenters. The fourth-order valence-electron chi connectivity index (χ4n) is 3.69. The molecule has 2 saturated heterocycles. The Morgan fingerprint density at radius 1 is 1.12 bits per heavy atom. The Labute approximate surface area is 154 Å². The van der Waals surface area contributed by atoms with Gasteiger partial charge in [0.25, 0.3) is 5.56 Å². The number of hydrogen-bond acceptors (Lipinski definition) is 5. The molecule has 0 spiro atoms. The number of nitrogens with zero attached hydrogens (tertiary/aromatic N) is 4. The van der Waals surface area contributed by atoms with Gasteiger partial charge in [-0.15, -0.1) is 0 Å². The molecule has 0 radical (unpaired) electrons. The third-order valence-electron chi connectivity index (χ3n) is 5.68. The van der Waals surface area contributed by atoms with Crippen LogP contribution in [0.5, 0.6) is 0 Å². The summed E-state index contributed by atoms with van der Waals surface area (Å²) in [6, 6.07) is 0. The average Bonchev–Trinajstić information content (AvgIpc) is 2.86. The topological polar surface area (TPSA) is 67.7 Å². The average molecular weight is 362 g/mol. The van der Waals surface area contributed by atoms with Gasteiger partial charge < -0.3 is 14.5 Å². The van der Waals surface area contributed by atoms with Crippen LogP contribution in [0.3, 0.4) is 0 Å². The Kier molecular flexibility index (Phi) is 6.43. The zero-order valence-corrected chi connectivity index (χ0v) is 15.9. The molecular formula is C19H30N4O3. The number of carbonyl (C=O) groups excluding carboxylic acids is 1. The second-order valence-electron chi connectivity index (χ2n) is 7.44. The first-order chi connectivity index (χ1) is 12.5. The van der Waals surface area contributed by atoms with Crippen LogP contribution in [-0.4, -0.2) is 71.2 Å². The van der Waals surface area contributed by atoms with Crippen molar-refractivity contribution in [2.24, 2.45) is 5.92 Å². The zero-order chi connectivity index (χ0) is 18.5. The minimum Gasteiger partial charge on any atom is -0.379 e. The largest absolute Gasteiger partial charge is 0.379 e. The van der Waals surface area contributed by atoms with Crippen LogP contribution in [0.15, 0.2) is 11.1 Å². The van der Waals surface area contributed by atoms with E-state index in [4.69, 9.17) is 4.74 Å². The number of hydrogen-bond donors (Lipinski definition) is 0. The molecule has 0 unspecified atom stereocenters. The van der Waals surface area contributed by atoms with Crippen molar-refractivity contribution in [3.63, 3.8) is 0 Å². The van der Waals surface area contributed by atoms with E-state index < -0.39 is 0 Å². The predicted molar refractivity (Wildman–Crippen MR) is 99.2 cm³/mol. The Balaban J connectivity index is 1.45. The van der Waals surface area contributed by atoms with Gasteiger partial charge in [-0.2, -0.15) is 0 Å². The van der Waals surface area contributed by atoms with Gasteiger partial charge in [-0.1, -0.05) is 0 Å². The van der Waals surface area contributed by atoms with Gasteiger partial charge in [-0.25, -0.2) is 4.98 Å². The van der Waals surface area contributed by atoms with Crippen molar-refractivity contribution in [2.45, 2.75) is 39.7 Å². The number of ether oxygens (including phenoxy) is 1. The zero-order valence-electron chi connectivity index (χ0n) is 15.9. The van der Waals surface area contributed by atoms with Gasteiger partial charge in [0, 0.05) is 37.4 Å². The molecule has 0 saturated carbocycles. The molecule has 1 aromatic heterocycles. The first-order valence-corrected chi connectivity index (χ1v) is 9.65. The highest BCUT2D eigenvalue weighted by Gasteiger charge is 2.22. The molecule has 0 aliphatic carbocycles. The maximum atomic E-state index is 12.3. The molecule has 7 nitrogen and oxygen atoms in total. The lowest BCUT2D eigenvalue weighted by Crippen LogP contribution is -2.42. The van der Waals surface area contributed by atoms with Gasteiger partial charge in [0.2, 0.25) is 5.91 Å². The number of amides is 1. The van der Waals surface area contributed by atoms with Gasteiger partial charge in [0.15, 0.2) is 0 Å². The van der Waals surface area contributed by atoms with Crippen molar-refractivity contribution < 1.29 is 9.53 Å². The predicted octanol–water partition coefficient (Wildman–Crippen LogP) is 0.821. The van der Waals surface area contributed by atoms with Crippen LogP contribution in [0.4, 0.5) is 0 Å². The van der Waals surface area contributed by atoms with Gasteiger partial charge in [-0.3, -0.25) is 14.2 Å². The number of likely N-dealkylation sites (tertiary alicyclic amines) is 1. The summed E-state index contributed by atoms with van der Waals surface area (Å²) in [7, 11) is 0. The second-order valence-corrected chi connectivity index (χ2v) is 7.44. The lowest BCUT2D eigenvalue weighted by molar-refractivity contribution is -0.130. The summed E-state index contributed by atoms with van der Waals surface area (Å²) in [5.74, 6) is 0.722. The SMILES string of the molecule is Cc1ncn(CC2CCN(CCN3CCOCCC3=O)CC2)c(=O)c1C. The minimum atomic E-state index is 0.0850. The number of rotatable bonds is 5. The van der Waals surface area contributed by atoms with Crippen LogP contribution < -0.4 is 5.56 Å². The molecule has 2 aliphatic rings. The Bertz CT molecular complexity index is 680. The first kappa shape index (κ1) is 19.0. The number of aryl methyl sites for hydroxylation is 1. The maximum Gasteiger partial charge on any atom is 0.256 e. The summed E-state index contributed by atoms with van der Waals surface area (Å²) >= 11 is 0. The highest BCUT2D eigenvalue weighted by atomic mass is 16.5. The molecule has 0 bridgehead atoms. The van der Waals surface area contributed by atoms with Crippen molar-refractivity contribution in [2.75, 3.05) is 45.9 Å². The van der Waals surface area contributed by atoms with E-state index in [9.17, 15) is 9.59 Å². The molecule has 144 valence electrons. The van der Waals surface area contributed by atoms with E-state index in [2.05, 4.69) is 9.88 Å². The number of piperidine rings is 1. The van der Waals surface area contributed by atoms with Crippen LogP contribution in [0.1, 0.15) is 30.5 Å². The van der Waals surface area contributed by atoms with Crippen molar-refractivity contribution in [1.29, 1.82) is 0 Å². The fraction of sp³-hybridized carbons (Fsp3) is 0.737. The summed E-state index contributed by atoms with van der Waals surface area (Å²) in [6.07, 6.45) is 4.34. The van der Waals surface area contributed by atoms with Crippen LogP contribution in [0.2, 0.25) is 0 Å². The molecule has 0 aromatic carbocycles. The first-order valence-electron chi connectivity index (χ1n) is 9.65. The molecule has 7 heteroatoms. The van der Waals surface area contributed by atoms with E-state index in [0.717, 1.165) is 56.8 Å². The molecule has 26 heavy (non-hydrogen) atoms. The summed E-state index contributed by atoms with van der Waals surface area (Å²) in [5.41, 5.74) is 1.65. The van der Waals surface area contributed by atoms with Crippen molar-refractivity contribution in [3.05, 3.63) is 27.9 Å². The molecule has 3 heterocycles. The molecule has 2 fully saturated rings. The standard InChI is InChI=1S/C19H30N4O3/c1-15-16(2)20-14-23(19(15)25)13-17-3-6-21(7-4-17)8-9-22-10-12-26-11-5-18(22)24/h14,17H,3-13H2,1-2H3. The molecule has 1 aromatic rings. The van der Waals surface area contributed by atoms with E-state index in [1.807, 2.05) is 18.7 Å². The van der Waals surface area contributed by atoms with E-state index in [0.29, 0.717) is 32.1 Å². The minimum absolute atomic E-state index is 0.0850. The van der Waals surface area contributed by atoms with Crippen molar-refractivity contribution in [3.8, 4) is 0 Å². The van der Waals surface area contributed by atoms with Crippen LogP contribution in [0.25, 0.3) is 0 Å². The van der Waals surface area contributed by atoms with Gasteiger partial charge in [0.05, 0.1) is 26.0 Å². The summed E-state index contributed by atoms with van der Waals surface area (Å²) in [4.78, 5) is 33.0. The van der Waals surface area contributed by atoms with Crippen LogP contribution in [0, 0.1) is 19.8 Å². The second kappa shape index (κ2) is 8.77. The Morgan fingerprint density at radius 3 is 2.65 bits per heavy atom. The normalized spacial score (nSPS) is 20.4. The van der Waals surface area contributed by atoms with Crippen molar-refractivity contribution in [1.82, 2.24) is 19.4 Å². The lowest BCUT2D eigenvalue weighted by Gasteiger charge is -2.33. The Morgan fingerprint density at radius 2 is 1.88 bits per heavy atom. The maximum absolute atomic E-state index is 12.3. The summed E-state index contributed by atoms with van der Waals surface area (Å²) < 4.78 is 7.14. The Hall–Kier alpha value is -1.73. The number of aromatic nitrogens is 2.